The van der Waals surface area contributed by atoms with Gasteiger partial charge in [0.2, 0.25) is 11.8 Å². The van der Waals surface area contributed by atoms with Crippen LogP contribution in [0.5, 0.6) is 17.5 Å². The van der Waals surface area contributed by atoms with Gasteiger partial charge in [0.15, 0.2) is 18.1 Å². The number of ether oxygens (including phenoxy) is 2. The summed E-state index contributed by atoms with van der Waals surface area (Å²) in [5.41, 5.74) is 6.88. The van der Waals surface area contributed by atoms with Gasteiger partial charge in [-0.15, -0.1) is 5.10 Å². The zero-order chi connectivity index (χ0) is 28.6. The van der Waals surface area contributed by atoms with Crippen molar-refractivity contribution in [1.82, 2.24) is 29.4 Å². The molecule has 1 aliphatic heterocycles. The molecule has 10 heteroatoms. The number of fused-ring (bicyclic) bond motifs is 4. The van der Waals surface area contributed by atoms with E-state index in [4.69, 9.17) is 24.4 Å². The SMILES string of the molecule is COc1ccc(C2c3c(C)nn(-c4ccccc4)c3Oc3ncn4nc(CO/N=C(\C)c5ccccc5)nc4c32)cc1. The van der Waals surface area contributed by atoms with Crippen LogP contribution in [0.3, 0.4) is 0 Å². The highest BCUT2D eigenvalue weighted by molar-refractivity contribution is 5.98. The van der Waals surface area contributed by atoms with E-state index in [1.807, 2.05) is 103 Å². The predicted molar refractivity (Wildman–Crippen MR) is 157 cm³/mol. The lowest BCUT2D eigenvalue weighted by Crippen LogP contribution is -2.16. The van der Waals surface area contributed by atoms with E-state index in [1.54, 1.807) is 18.0 Å². The molecule has 0 saturated carbocycles. The van der Waals surface area contributed by atoms with Gasteiger partial charge >= 0.3 is 0 Å². The maximum atomic E-state index is 6.49. The van der Waals surface area contributed by atoms with Gasteiger partial charge in [-0.05, 0) is 49.2 Å². The van der Waals surface area contributed by atoms with Crippen LogP contribution in [0.2, 0.25) is 0 Å². The number of oxime groups is 1. The molecular formula is C32H27N7O3. The molecule has 0 spiro atoms. The fourth-order valence-electron chi connectivity index (χ4n) is 5.28. The number of rotatable bonds is 7. The summed E-state index contributed by atoms with van der Waals surface area (Å²) < 4.78 is 15.4. The molecule has 0 saturated heterocycles. The first-order valence-electron chi connectivity index (χ1n) is 13.5. The summed E-state index contributed by atoms with van der Waals surface area (Å²) in [7, 11) is 1.66. The Balaban J connectivity index is 1.32. The van der Waals surface area contributed by atoms with Crippen molar-refractivity contribution in [3.05, 3.63) is 125 Å². The smallest absolute Gasteiger partial charge is 0.230 e. The number of aromatic nitrogens is 6. The van der Waals surface area contributed by atoms with Gasteiger partial charge in [0.1, 0.15) is 12.1 Å². The van der Waals surface area contributed by atoms with E-state index in [9.17, 15) is 0 Å². The molecule has 0 radical (unpaired) electrons. The highest BCUT2D eigenvalue weighted by Crippen LogP contribution is 2.49. The van der Waals surface area contributed by atoms with E-state index in [0.29, 0.717) is 23.2 Å². The Morgan fingerprint density at radius 2 is 1.67 bits per heavy atom. The molecule has 0 fully saturated rings. The summed E-state index contributed by atoms with van der Waals surface area (Å²) in [6.45, 7) is 4.00. The van der Waals surface area contributed by atoms with Gasteiger partial charge in [0.25, 0.3) is 0 Å². The maximum absolute atomic E-state index is 6.49. The first-order valence-corrected chi connectivity index (χ1v) is 13.5. The number of hydrogen-bond donors (Lipinski definition) is 0. The molecule has 208 valence electrons. The summed E-state index contributed by atoms with van der Waals surface area (Å²) in [6.07, 6.45) is 1.61. The molecule has 1 atom stereocenters. The number of nitrogens with zero attached hydrogens (tertiary/aromatic N) is 7. The van der Waals surface area contributed by atoms with Crippen molar-refractivity contribution in [2.24, 2.45) is 5.16 Å². The van der Waals surface area contributed by atoms with E-state index in [0.717, 1.165) is 45.1 Å². The van der Waals surface area contributed by atoms with Gasteiger partial charge < -0.3 is 14.3 Å². The van der Waals surface area contributed by atoms with Crippen molar-refractivity contribution in [2.75, 3.05) is 7.11 Å². The molecular weight excluding hydrogens is 530 g/mol. The molecule has 1 aliphatic rings. The quantitative estimate of drug-likeness (QED) is 0.179. The molecule has 0 aliphatic carbocycles. The van der Waals surface area contributed by atoms with Crippen LogP contribution in [0.15, 0.2) is 96.4 Å². The van der Waals surface area contributed by atoms with Crippen molar-refractivity contribution in [3.63, 3.8) is 0 Å². The standard InChI is InChI=1S/C32H27N7O3/c1-20(22-10-6-4-7-11-22)37-41-18-26-34-30-29-28(23-14-16-25(40-3)17-15-23)27-21(2)35-39(24-12-8-5-9-13-24)32(27)42-31(29)33-19-38(30)36-26/h4-17,19,28H,18H2,1-3H3/b37-20+. The van der Waals surface area contributed by atoms with Crippen molar-refractivity contribution < 1.29 is 14.3 Å². The van der Waals surface area contributed by atoms with Crippen LogP contribution in [0.4, 0.5) is 0 Å². The lowest BCUT2D eigenvalue weighted by molar-refractivity contribution is 0.125. The fraction of sp³-hybridized carbons (Fsp3) is 0.156. The van der Waals surface area contributed by atoms with E-state index in [2.05, 4.69) is 15.2 Å². The highest BCUT2D eigenvalue weighted by atomic mass is 16.6. The summed E-state index contributed by atoms with van der Waals surface area (Å²) >= 11 is 0. The first kappa shape index (κ1) is 25.5. The number of methoxy groups -OCH3 is 1. The molecule has 42 heavy (non-hydrogen) atoms. The summed E-state index contributed by atoms with van der Waals surface area (Å²) in [6, 6.07) is 27.8. The zero-order valence-corrected chi connectivity index (χ0v) is 23.3. The van der Waals surface area contributed by atoms with Gasteiger partial charge in [-0.3, -0.25) is 0 Å². The highest BCUT2D eigenvalue weighted by Gasteiger charge is 2.38. The monoisotopic (exact) mass is 557 g/mol. The molecule has 10 nitrogen and oxygen atoms in total. The predicted octanol–water partition coefficient (Wildman–Crippen LogP) is 5.85. The van der Waals surface area contributed by atoms with Crippen LogP contribution in [-0.4, -0.2) is 42.2 Å². The normalized spacial score (nSPS) is 14.3. The largest absolute Gasteiger partial charge is 0.497 e. The number of aryl methyl sites for hydroxylation is 1. The average molecular weight is 558 g/mol. The molecule has 3 aromatic carbocycles. The summed E-state index contributed by atoms with van der Waals surface area (Å²) in [5.74, 6) is 2.06. The minimum absolute atomic E-state index is 0.102. The minimum Gasteiger partial charge on any atom is -0.497 e. The van der Waals surface area contributed by atoms with Crippen molar-refractivity contribution in [3.8, 4) is 23.2 Å². The topological polar surface area (TPSA) is 101 Å². The molecule has 6 aromatic rings. The van der Waals surface area contributed by atoms with Crippen LogP contribution in [0, 0.1) is 6.92 Å². The van der Waals surface area contributed by atoms with Gasteiger partial charge in [-0.25, -0.2) is 19.2 Å². The van der Waals surface area contributed by atoms with Gasteiger partial charge in [0.05, 0.1) is 41.2 Å². The third kappa shape index (κ3) is 4.43. The first-order chi connectivity index (χ1) is 20.6. The van der Waals surface area contributed by atoms with Gasteiger partial charge in [0, 0.05) is 0 Å². The van der Waals surface area contributed by atoms with Gasteiger partial charge in [-0.1, -0.05) is 65.8 Å². The second kappa shape index (κ2) is 10.5. The Morgan fingerprint density at radius 3 is 2.40 bits per heavy atom. The van der Waals surface area contributed by atoms with Crippen LogP contribution in [0.25, 0.3) is 11.3 Å². The molecule has 0 bridgehead atoms. The van der Waals surface area contributed by atoms with Crippen molar-refractivity contribution in [2.45, 2.75) is 26.4 Å². The zero-order valence-electron chi connectivity index (χ0n) is 23.3. The molecule has 1 unspecified atom stereocenters. The second-order valence-electron chi connectivity index (χ2n) is 9.94. The molecule has 4 heterocycles. The summed E-state index contributed by atoms with van der Waals surface area (Å²) in [4.78, 5) is 15.2. The lowest BCUT2D eigenvalue weighted by atomic mass is 9.84. The Morgan fingerprint density at radius 1 is 0.929 bits per heavy atom. The molecule has 3 aromatic heterocycles. The van der Waals surface area contributed by atoms with Crippen LogP contribution in [0.1, 0.15) is 46.6 Å². The molecule has 7 rings (SSSR count). The van der Waals surface area contributed by atoms with Crippen LogP contribution < -0.4 is 9.47 Å². The van der Waals surface area contributed by atoms with E-state index in [1.165, 1.54) is 0 Å². The fourth-order valence-corrected chi connectivity index (χ4v) is 5.28. The summed E-state index contributed by atoms with van der Waals surface area (Å²) in [5, 5.41) is 13.8. The van der Waals surface area contributed by atoms with E-state index < -0.39 is 0 Å². The Bertz CT molecular complexity index is 1910. The average Bonchev–Trinajstić information content (AvgIpc) is 3.61. The van der Waals surface area contributed by atoms with Crippen molar-refractivity contribution in [1.29, 1.82) is 0 Å². The Labute approximate surface area is 241 Å². The number of hydrogen-bond acceptors (Lipinski definition) is 8. The third-order valence-corrected chi connectivity index (χ3v) is 7.30. The minimum atomic E-state index is -0.264. The third-order valence-electron chi connectivity index (χ3n) is 7.30. The molecule has 0 N–H and O–H groups in total. The lowest BCUT2D eigenvalue weighted by Gasteiger charge is -2.26. The van der Waals surface area contributed by atoms with Crippen LogP contribution >= 0.6 is 0 Å². The van der Waals surface area contributed by atoms with E-state index >= 15 is 0 Å². The van der Waals surface area contributed by atoms with Crippen molar-refractivity contribution >= 4 is 11.4 Å². The van der Waals surface area contributed by atoms with Crippen LogP contribution in [-0.2, 0) is 11.4 Å². The number of para-hydroxylation sites is 1. The van der Waals surface area contributed by atoms with E-state index in [-0.39, 0.29) is 12.5 Å². The second-order valence-corrected chi connectivity index (χ2v) is 9.94. The number of benzene rings is 3. The Hall–Kier alpha value is -5.51. The Kier molecular flexibility index (Phi) is 6.35. The van der Waals surface area contributed by atoms with Gasteiger partial charge in [-0.2, -0.15) is 5.10 Å². The molecule has 0 amide bonds. The maximum Gasteiger partial charge on any atom is 0.230 e.